The molecule has 2 N–H and O–H groups in total. The summed E-state index contributed by atoms with van der Waals surface area (Å²) in [7, 11) is 1.72. The van der Waals surface area contributed by atoms with Crippen LogP contribution in [0.5, 0.6) is 0 Å². The second-order valence-corrected chi connectivity index (χ2v) is 8.17. The van der Waals surface area contributed by atoms with Gasteiger partial charge in [-0.2, -0.15) is 0 Å². The largest absolute Gasteiger partial charge is 0.359 e. The second kappa shape index (κ2) is 11.2. The minimum atomic E-state index is 0.153. The second-order valence-electron chi connectivity index (χ2n) is 8.17. The summed E-state index contributed by atoms with van der Waals surface area (Å²) < 4.78 is 0. The Hall–Kier alpha value is -2.08. The Morgan fingerprint density at radius 1 is 1.14 bits per heavy atom. The number of carbonyl (C=O) groups excluding carboxylic acids is 1. The van der Waals surface area contributed by atoms with Gasteiger partial charge in [-0.3, -0.25) is 14.7 Å². The third kappa shape index (κ3) is 6.20. The fourth-order valence-electron chi connectivity index (χ4n) is 4.47. The van der Waals surface area contributed by atoms with Gasteiger partial charge in [-0.1, -0.05) is 30.3 Å². The number of carbonyl (C=O) groups is 1. The first-order valence-corrected chi connectivity index (χ1v) is 11.2. The van der Waals surface area contributed by atoms with E-state index in [0.717, 1.165) is 58.1 Å². The molecule has 2 saturated heterocycles. The van der Waals surface area contributed by atoms with Gasteiger partial charge >= 0.3 is 0 Å². The zero-order valence-corrected chi connectivity index (χ0v) is 18.1. The van der Waals surface area contributed by atoms with Crippen molar-refractivity contribution in [3.63, 3.8) is 0 Å². The zero-order chi connectivity index (χ0) is 20.5. The van der Waals surface area contributed by atoms with Gasteiger partial charge in [0, 0.05) is 33.1 Å². The van der Waals surface area contributed by atoms with E-state index < -0.39 is 0 Å². The van der Waals surface area contributed by atoms with Crippen LogP contribution >= 0.6 is 0 Å². The number of aliphatic imine (C=N–C) groups is 1. The molecule has 6 nitrogen and oxygen atoms in total. The summed E-state index contributed by atoms with van der Waals surface area (Å²) in [4.78, 5) is 21.7. The van der Waals surface area contributed by atoms with E-state index in [-0.39, 0.29) is 5.91 Å². The topological polar surface area (TPSA) is 60.0 Å². The lowest BCUT2D eigenvalue weighted by atomic mass is 9.93. The lowest BCUT2D eigenvalue weighted by Crippen LogP contribution is -2.46. The standard InChI is InChI=1S/C23H37N5O/c1-3-25-23(28-15-11-19(12-16-28)17-22(29)24-2)26-18-21(27-13-7-8-14-27)20-9-5-4-6-10-20/h4-6,9-10,19,21H,3,7-8,11-18H2,1-2H3,(H,24,29)(H,25,26). The minimum Gasteiger partial charge on any atom is -0.359 e. The highest BCUT2D eigenvalue weighted by molar-refractivity contribution is 5.80. The third-order valence-corrected chi connectivity index (χ3v) is 6.18. The summed E-state index contributed by atoms with van der Waals surface area (Å²) in [6, 6.07) is 11.2. The normalized spacial score (nSPS) is 19.9. The van der Waals surface area contributed by atoms with Gasteiger partial charge in [0.25, 0.3) is 0 Å². The summed E-state index contributed by atoms with van der Waals surface area (Å²) in [5.74, 6) is 1.65. The first-order chi connectivity index (χ1) is 14.2. The molecule has 1 aromatic rings. The molecule has 2 heterocycles. The number of rotatable bonds is 7. The maximum absolute atomic E-state index is 11.7. The fraction of sp³-hybridized carbons (Fsp3) is 0.652. The molecular weight excluding hydrogens is 362 g/mol. The molecule has 1 aromatic carbocycles. The average molecular weight is 400 g/mol. The van der Waals surface area contributed by atoms with Crippen LogP contribution < -0.4 is 10.6 Å². The lowest BCUT2D eigenvalue weighted by molar-refractivity contribution is -0.121. The summed E-state index contributed by atoms with van der Waals surface area (Å²) in [6.45, 7) is 8.04. The molecule has 1 unspecified atom stereocenters. The number of guanidine groups is 1. The Morgan fingerprint density at radius 2 is 1.83 bits per heavy atom. The molecule has 0 radical (unpaired) electrons. The molecule has 2 aliphatic heterocycles. The molecule has 3 rings (SSSR count). The van der Waals surface area contributed by atoms with Crippen LogP contribution in [-0.4, -0.2) is 68.0 Å². The van der Waals surface area contributed by atoms with Gasteiger partial charge in [0.1, 0.15) is 0 Å². The molecule has 0 aliphatic carbocycles. The van der Waals surface area contributed by atoms with E-state index in [1.165, 1.54) is 18.4 Å². The number of piperidine rings is 1. The summed E-state index contributed by atoms with van der Waals surface area (Å²) in [6.07, 6.45) is 5.30. The molecule has 0 spiro atoms. The van der Waals surface area contributed by atoms with Crippen LogP contribution in [0, 0.1) is 5.92 Å². The number of likely N-dealkylation sites (tertiary alicyclic amines) is 2. The van der Waals surface area contributed by atoms with Crippen molar-refractivity contribution in [3.8, 4) is 0 Å². The van der Waals surface area contributed by atoms with Crippen LogP contribution in [0.25, 0.3) is 0 Å². The van der Waals surface area contributed by atoms with Crippen LogP contribution in [-0.2, 0) is 4.79 Å². The molecule has 1 amide bonds. The number of amides is 1. The van der Waals surface area contributed by atoms with Crippen molar-refractivity contribution in [1.82, 2.24) is 20.4 Å². The number of nitrogens with zero attached hydrogens (tertiary/aromatic N) is 3. The van der Waals surface area contributed by atoms with Crippen molar-refractivity contribution in [2.45, 2.75) is 45.1 Å². The molecule has 29 heavy (non-hydrogen) atoms. The van der Waals surface area contributed by atoms with Crippen molar-refractivity contribution < 1.29 is 4.79 Å². The van der Waals surface area contributed by atoms with Gasteiger partial charge in [0.2, 0.25) is 5.91 Å². The smallest absolute Gasteiger partial charge is 0.220 e. The van der Waals surface area contributed by atoms with Crippen LogP contribution in [0.2, 0.25) is 0 Å². The maximum Gasteiger partial charge on any atom is 0.220 e. The highest BCUT2D eigenvalue weighted by atomic mass is 16.1. The van der Waals surface area contributed by atoms with Gasteiger partial charge in [-0.25, -0.2) is 0 Å². The van der Waals surface area contributed by atoms with Gasteiger partial charge in [-0.15, -0.1) is 0 Å². The highest BCUT2D eigenvalue weighted by Crippen LogP contribution is 2.26. The highest BCUT2D eigenvalue weighted by Gasteiger charge is 2.25. The van der Waals surface area contributed by atoms with Crippen molar-refractivity contribution in [2.75, 3.05) is 46.3 Å². The van der Waals surface area contributed by atoms with E-state index >= 15 is 0 Å². The van der Waals surface area contributed by atoms with E-state index in [1.807, 2.05) is 0 Å². The zero-order valence-electron chi connectivity index (χ0n) is 18.1. The summed E-state index contributed by atoms with van der Waals surface area (Å²) in [5, 5.41) is 6.24. The van der Waals surface area contributed by atoms with Crippen LogP contribution in [0.15, 0.2) is 35.3 Å². The number of benzene rings is 1. The van der Waals surface area contributed by atoms with Crippen LogP contribution in [0.3, 0.4) is 0 Å². The summed E-state index contributed by atoms with van der Waals surface area (Å²) >= 11 is 0. The Labute approximate surface area is 175 Å². The van der Waals surface area contributed by atoms with Gasteiger partial charge in [-0.05, 0) is 57.2 Å². The Bertz CT molecular complexity index is 648. The molecule has 0 bridgehead atoms. The third-order valence-electron chi connectivity index (χ3n) is 6.18. The molecule has 160 valence electrons. The molecular formula is C23H37N5O. The van der Waals surface area contributed by atoms with Crippen molar-refractivity contribution in [1.29, 1.82) is 0 Å². The minimum absolute atomic E-state index is 0.153. The van der Waals surface area contributed by atoms with E-state index in [0.29, 0.717) is 18.4 Å². The predicted molar refractivity (Wildman–Crippen MR) is 119 cm³/mol. The molecule has 2 aliphatic rings. The molecule has 6 heteroatoms. The summed E-state index contributed by atoms with van der Waals surface area (Å²) in [5.41, 5.74) is 1.36. The van der Waals surface area contributed by atoms with E-state index in [2.05, 4.69) is 57.7 Å². The van der Waals surface area contributed by atoms with E-state index in [9.17, 15) is 4.79 Å². The van der Waals surface area contributed by atoms with Crippen LogP contribution in [0.4, 0.5) is 0 Å². The van der Waals surface area contributed by atoms with Gasteiger partial charge < -0.3 is 15.5 Å². The number of hydrogen-bond donors (Lipinski definition) is 2. The predicted octanol–water partition coefficient (Wildman–Crippen LogP) is 2.64. The molecule has 0 aromatic heterocycles. The Balaban J connectivity index is 1.65. The SMILES string of the molecule is CCNC(=NCC(c1ccccc1)N1CCCC1)N1CCC(CC(=O)NC)CC1. The monoisotopic (exact) mass is 399 g/mol. The average Bonchev–Trinajstić information content (AvgIpc) is 3.29. The van der Waals surface area contributed by atoms with Crippen molar-refractivity contribution in [3.05, 3.63) is 35.9 Å². The number of nitrogens with one attached hydrogen (secondary N) is 2. The first-order valence-electron chi connectivity index (χ1n) is 11.2. The van der Waals surface area contributed by atoms with Gasteiger partial charge in [0.05, 0.1) is 12.6 Å². The molecule has 2 fully saturated rings. The lowest BCUT2D eigenvalue weighted by Gasteiger charge is -2.34. The Kier molecular flexibility index (Phi) is 8.35. The van der Waals surface area contributed by atoms with Crippen LogP contribution in [0.1, 0.15) is 50.6 Å². The van der Waals surface area contributed by atoms with Crippen molar-refractivity contribution >= 4 is 11.9 Å². The number of hydrogen-bond acceptors (Lipinski definition) is 3. The first kappa shape index (κ1) is 21.6. The quantitative estimate of drug-likeness (QED) is 0.547. The molecule has 0 saturated carbocycles. The Morgan fingerprint density at radius 3 is 2.45 bits per heavy atom. The van der Waals surface area contributed by atoms with E-state index in [4.69, 9.17) is 4.99 Å². The fourth-order valence-corrected chi connectivity index (χ4v) is 4.47. The molecule has 1 atom stereocenters. The van der Waals surface area contributed by atoms with Crippen molar-refractivity contribution in [2.24, 2.45) is 10.9 Å². The maximum atomic E-state index is 11.7. The van der Waals surface area contributed by atoms with Gasteiger partial charge in [0.15, 0.2) is 5.96 Å². The van der Waals surface area contributed by atoms with E-state index in [1.54, 1.807) is 7.05 Å².